The number of rotatable bonds is 6. The van der Waals surface area contributed by atoms with Crippen LogP contribution in [0.2, 0.25) is 0 Å². The lowest BCUT2D eigenvalue weighted by molar-refractivity contribution is -0.138. The van der Waals surface area contributed by atoms with Gasteiger partial charge in [-0.3, -0.25) is 4.79 Å². The average Bonchev–Trinajstić information content (AvgIpc) is 2.48. The topological polar surface area (TPSA) is 121 Å². The van der Waals surface area contributed by atoms with Gasteiger partial charge in [0.25, 0.3) is 0 Å². The highest BCUT2D eigenvalue weighted by atomic mass is 31.2. The number of benzene rings is 1. The molecule has 0 amide bonds. The van der Waals surface area contributed by atoms with E-state index in [9.17, 15) is 41.3 Å². The van der Waals surface area contributed by atoms with Gasteiger partial charge in [-0.2, -0.15) is 0 Å². The second-order valence-electron chi connectivity index (χ2n) is 4.44. The summed E-state index contributed by atoms with van der Waals surface area (Å²) in [5.74, 6) is -13.9. The van der Waals surface area contributed by atoms with E-state index in [1.807, 2.05) is 0 Å². The summed E-state index contributed by atoms with van der Waals surface area (Å²) in [6.45, 7) is 0. The van der Waals surface area contributed by atoms with Crippen molar-refractivity contribution in [2.24, 2.45) is 5.73 Å². The number of halogens is 5. The van der Waals surface area contributed by atoms with E-state index >= 15 is 0 Å². The number of carboxylic acids is 1. The Morgan fingerprint density at radius 3 is 1.74 bits per heavy atom. The maximum Gasteiger partial charge on any atom is 0.362 e. The van der Waals surface area contributed by atoms with Gasteiger partial charge < -0.3 is 10.8 Å². The van der Waals surface area contributed by atoms with Crippen LogP contribution in [0.3, 0.4) is 0 Å². The first-order valence-electron chi connectivity index (χ1n) is 5.80. The van der Waals surface area contributed by atoms with Crippen molar-refractivity contribution in [3.8, 4) is 0 Å². The molecule has 12 heteroatoms. The van der Waals surface area contributed by atoms with Gasteiger partial charge in [-0.1, -0.05) is 0 Å². The molecule has 0 aliphatic carbocycles. The van der Waals surface area contributed by atoms with Crippen LogP contribution in [0, 0.1) is 29.1 Å². The average molecular weight is 362 g/mol. The van der Waals surface area contributed by atoms with Gasteiger partial charge in [0.15, 0.2) is 23.3 Å². The molecule has 23 heavy (non-hydrogen) atoms. The molecular weight excluding hydrogens is 352 g/mol. The van der Waals surface area contributed by atoms with Crippen molar-refractivity contribution in [2.45, 2.75) is 12.5 Å². The van der Waals surface area contributed by atoms with Crippen LogP contribution in [0.1, 0.15) is 16.8 Å². The molecule has 1 aromatic rings. The Kier molecular flexibility index (Phi) is 5.75. The van der Waals surface area contributed by atoms with E-state index in [1.54, 1.807) is 0 Å². The third-order valence-corrected chi connectivity index (χ3v) is 4.57. The lowest BCUT2D eigenvalue weighted by Gasteiger charge is -2.13. The van der Waals surface area contributed by atoms with Crippen molar-refractivity contribution in [1.29, 1.82) is 0 Å². The van der Waals surface area contributed by atoms with Gasteiger partial charge in [-0.15, -0.1) is 0 Å². The molecule has 0 saturated carbocycles. The molecule has 0 bridgehead atoms. The maximum atomic E-state index is 13.4. The molecule has 0 aliphatic rings. The second-order valence-corrected chi connectivity index (χ2v) is 6.75. The Labute approximate surface area is 125 Å². The van der Waals surface area contributed by atoms with E-state index in [2.05, 4.69) is 0 Å². The number of carbonyl (C=O) groups is 2. The van der Waals surface area contributed by atoms with E-state index in [1.165, 1.54) is 0 Å². The predicted molar refractivity (Wildman–Crippen MR) is 67.0 cm³/mol. The zero-order valence-corrected chi connectivity index (χ0v) is 12.0. The van der Waals surface area contributed by atoms with Crippen LogP contribution in [-0.2, 0) is 4.79 Å². The molecule has 0 unspecified atom stereocenters. The van der Waals surface area contributed by atoms with Gasteiger partial charge in [-0.25, -0.2) is 36.5 Å². The molecule has 6 nitrogen and oxygen atoms in total. The molecule has 0 aliphatic heterocycles. The standard InChI is InChI=1S/C11H9F5NO5P/c12-5-4(6(13)8(15)9(16)7(5)14)11(20)23(21,22)2-1-3(17)10(18)19/h3,21-22H,1-2,17H2/p+1/t3-/m0/s1. The number of hydrogen-bond acceptors (Lipinski definition) is 5. The van der Waals surface area contributed by atoms with Crippen molar-refractivity contribution in [1.82, 2.24) is 0 Å². The smallest absolute Gasteiger partial charge is 0.362 e. The lowest BCUT2D eigenvalue weighted by Crippen LogP contribution is -2.32. The highest BCUT2D eigenvalue weighted by Crippen LogP contribution is 2.54. The van der Waals surface area contributed by atoms with Crippen LogP contribution in [0.5, 0.6) is 0 Å². The summed E-state index contributed by atoms with van der Waals surface area (Å²) in [6.07, 6.45) is -1.67. The molecule has 0 saturated heterocycles. The molecule has 0 heterocycles. The van der Waals surface area contributed by atoms with Gasteiger partial charge in [0.1, 0.15) is 17.8 Å². The molecule has 1 atom stereocenters. The fourth-order valence-corrected chi connectivity index (χ4v) is 2.91. The van der Waals surface area contributed by atoms with Gasteiger partial charge in [0.05, 0.1) is 0 Å². The third kappa shape index (κ3) is 3.81. The summed E-state index contributed by atoms with van der Waals surface area (Å²) in [5, 5.41) is 8.50. The van der Waals surface area contributed by atoms with Crippen LogP contribution in [0.15, 0.2) is 0 Å². The van der Waals surface area contributed by atoms with Gasteiger partial charge in [0.2, 0.25) is 5.82 Å². The Balaban J connectivity index is 3.21. The summed E-state index contributed by atoms with van der Waals surface area (Å²) in [6, 6.07) is -1.61. The monoisotopic (exact) mass is 362 g/mol. The zero-order chi connectivity index (χ0) is 18.1. The van der Waals surface area contributed by atoms with Crippen molar-refractivity contribution in [3.63, 3.8) is 0 Å². The van der Waals surface area contributed by atoms with E-state index in [4.69, 9.17) is 10.8 Å². The number of aliphatic carboxylic acids is 1. The van der Waals surface area contributed by atoms with Crippen LogP contribution in [0.4, 0.5) is 22.0 Å². The van der Waals surface area contributed by atoms with E-state index in [0.717, 1.165) is 0 Å². The molecular formula is C11H10F5NO5P+. The quantitative estimate of drug-likeness (QED) is 0.261. The van der Waals surface area contributed by atoms with Crippen LogP contribution >= 0.6 is 7.72 Å². The van der Waals surface area contributed by atoms with Crippen LogP contribution in [-0.4, -0.2) is 38.6 Å². The molecule has 1 rings (SSSR count). The normalized spacial score (nSPS) is 13.0. The number of carboxylic acid groups (broad SMARTS) is 1. The van der Waals surface area contributed by atoms with Crippen molar-refractivity contribution in [2.75, 3.05) is 6.16 Å². The Morgan fingerprint density at radius 2 is 1.35 bits per heavy atom. The van der Waals surface area contributed by atoms with Crippen LogP contribution in [0.25, 0.3) is 0 Å². The summed E-state index contributed by atoms with van der Waals surface area (Å²) in [5.41, 5.74) is 0.952. The van der Waals surface area contributed by atoms with Gasteiger partial charge >= 0.3 is 19.2 Å². The molecule has 0 radical (unpaired) electrons. The number of carbonyl (C=O) groups excluding carboxylic acids is 1. The molecule has 0 spiro atoms. The largest absolute Gasteiger partial charge is 0.480 e. The van der Waals surface area contributed by atoms with Gasteiger partial charge in [-0.05, 0) is 0 Å². The van der Waals surface area contributed by atoms with E-state index in [-0.39, 0.29) is 0 Å². The van der Waals surface area contributed by atoms with Crippen LogP contribution < -0.4 is 5.73 Å². The van der Waals surface area contributed by atoms with Crippen molar-refractivity contribution in [3.05, 3.63) is 34.6 Å². The lowest BCUT2D eigenvalue weighted by atomic mass is 10.2. The Hall–Kier alpha value is -1.68. The van der Waals surface area contributed by atoms with Crippen molar-refractivity contribution < 1.29 is 46.4 Å². The first-order valence-corrected chi connectivity index (χ1v) is 7.68. The molecule has 128 valence electrons. The first-order chi connectivity index (χ1) is 10.4. The number of hydrogen-bond donors (Lipinski definition) is 4. The molecule has 1 aromatic carbocycles. The zero-order valence-electron chi connectivity index (χ0n) is 11.1. The van der Waals surface area contributed by atoms with E-state index < -0.39 is 72.5 Å². The summed E-state index contributed by atoms with van der Waals surface area (Å²) in [4.78, 5) is 41.3. The second kappa shape index (κ2) is 6.83. The highest BCUT2D eigenvalue weighted by Gasteiger charge is 2.49. The van der Waals surface area contributed by atoms with E-state index in [0.29, 0.717) is 0 Å². The molecule has 0 fully saturated rings. The Bertz CT molecular complexity index is 640. The minimum Gasteiger partial charge on any atom is -0.480 e. The summed E-state index contributed by atoms with van der Waals surface area (Å²) >= 11 is 0. The summed E-state index contributed by atoms with van der Waals surface area (Å²) in [7, 11) is -4.88. The Morgan fingerprint density at radius 1 is 0.957 bits per heavy atom. The maximum absolute atomic E-state index is 13.4. The minimum absolute atomic E-state index is 0.669. The molecule has 0 aromatic heterocycles. The number of nitrogens with two attached hydrogens (primary N) is 1. The summed E-state index contributed by atoms with van der Waals surface area (Å²) < 4.78 is 65.8. The fraction of sp³-hybridized carbons (Fsp3) is 0.273. The van der Waals surface area contributed by atoms with Crippen molar-refractivity contribution >= 4 is 19.2 Å². The predicted octanol–water partition coefficient (Wildman–Crippen LogP) is 1.16. The molecule has 5 N–H and O–H groups in total. The van der Waals surface area contributed by atoms with Gasteiger partial charge in [0, 0.05) is 6.42 Å². The fourth-order valence-electron chi connectivity index (χ4n) is 1.52. The third-order valence-electron chi connectivity index (χ3n) is 2.82. The highest BCUT2D eigenvalue weighted by molar-refractivity contribution is 7.81. The first kappa shape index (κ1) is 19.4. The minimum atomic E-state index is -4.88. The SMILES string of the molecule is N[C@@H](CC[P+](O)(O)C(=O)c1c(F)c(F)c(F)c(F)c1F)C(=O)O.